The number of pyridine rings is 1. The lowest BCUT2D eigenvalue weighted by atomic mass is 10.3. The lowest BCUT2D eigenvalue weighted by molar-refractivity contribution is 0.112. The van der Waals surface area contributed by atoms with Crippen LogP contribution >= 0.6 is 27.5 Å². The summed E-state index contributed by atoms with van der Waals surface area (Å²) in [5, 5.41) is 1.14. The van der Waals surface area contributed by atoms with Crippen molar-refractivity contribution in [1.82, 2.24) is 9.97 Å². The molecule has 5 heteroatoms. The van der Waals surface area contributed by atoms with Crippen molar-refractivity contribution in [1.29, 1.82) is 0 Å². The number of aromatic nitrogens is 2. The molecule has 0 aliphatic carbocycles. The van der Waals surface area contributed by atoms with Crippen molar-refractivity contribution in [2.45, 2.75) is 0 Å². The molecule has 0 aromatic carbocycles. The Labute approximate surface area is 87.2 Å². The number of nitrogens with one attached hydrogen (secondary N) is 1. The Hall–Kier alpha value is -0.870. The molecule has 66 valence electrons. The molecule has 0 unspecified atom stereocenters. The molecule has 0 spiro atoms. The van der Waals surface area contributed by atoms with Gasteiger partial charge in [-0.2, -0.15) is 0 Å². The first-order chi connectivity index (χ1) is 6.22. The minimum atomic E-state index is 0.391. The summed E-state index contributed by atoms with van der Waals surface area (Å²) in [7, 11) is 0. The van der Waals surface area contributed by atoms with Crippen LogP contribution < -0.4 is 0 Å². The number of hydrogen-bond donors (Lipinski definition) is 1. The summed E-state index contributed by atoms with van der Waals surface area (Å²) in [6.07, 6.45) is 2.33. The predicted octanol–water partition coefficient (Wildman–Crippen LogP) is 2.79. The van der Waals surface area contributed by atoms with E-state index in [2.05, 4.69) is 25.9 Å². The second kappa shape index (κ2) is 3.12. The van der Waals surface area contributed by atoms with Crippen LogP contribution in [0.25, 0.3) is 10.9 Å². The molecule has 0 bridgehead atoms. The number of halogens is 2. The van der Waals surface area contributed by atoms with Crippen LogP contribution in [0.15, 0.2) is 16.7 Å². The number of carbonyl (C=O) groups excluding carboxylic acids is 1. The summed E-state index contributed by atoms with van der Waals surface area (Å²) in [5.74, 6) is 0. The Morgan fingerprint density at radius 1 is 1.62 bits per heavy atom. The first-order valence-corrected chi connectivity index (χ1v) is 4.67. The molecule has 0 amide bonds. The third kappa shape index (κ3) is 1.36. The quantitative estimate of drug-likeness (QED) is 0.632. The number of hydrogen-bond acceptors (Lipinski definition) is 2. The highest BCUT2D eigenvalue weighted by molar-refractivity contribution is 9.10. The molecule has 2 rings (SSSR count). The van der Waals surface area contributed by atoms with Gasteiger partial charge in [0.15, 0.2) is 6.29 Å². The number of aromatic amines is 1. The highest BCUT2D eigenvalue weighted by Gasteiger charge is 2.07. The Balaban J connectivity index is 2.87. The average Bonchev–Trinajstić information content (AvgIpc) is 2.56. The smallest absolute Gasteiger partial charge is 0.166 e. The van der Waals surface area contributed by atoms with Crippen LogP contribution in [0.1, 0.15) is 10.5 Å². The Kier molecular flexibility index (Phi) is 2.09. The molecule has 0 radical (unpaired) electrons. The van der Waals surface area contributed by atoms with Crippen LogP contribution in [0.2, 0.25) is 5.15 Å². The minimum Gasteiger partial charge on any atom is -0.351 e. The number of rotatable bonds is 1. The van der Waals surface area contributed by atoms with Crippen molar-refractivity contribution in [3.05, 3.63) is 27.6 Å². The molecule has 1 N–H and O–H groups in total. The molecule has 2 heterocycles. The lowest BCUT2D eigenvalue weighted by Crippen LogP contribution is -1.78. The van der Waals surface area contributed by atoms with Crippen molar-refractivity contribution in [2.24, 2.45) is 0 Å². The van der Waals surface area contributed by atoms with Gasteiger partial charge in [-0.05, 0) is 22.0 Å². The van der Waals surface area contributed by atoms with E-state index in [4.69, 9.17) is 11.6 Å². The van der Waals surface area contributed by atoms with Gasteiger partial charge in [0.25, 0.3) is 0 Å². The molecule has 0 aliphatic rings. The Morgan fingerprint density at radius 3 is 3.00 bits per heavy atom. The maximum atomic E-state index is 10.5. The molecular weight excluding hydrogens is 255 g/mol. The van der Waals surface area contributed by atoms with Crippen LogP contribution in [0.3, 0.4) is 0 Å². The topological polar surface area (TPSA) is 45.8 Å². The van der Waals surface area contributed by atoms with E-state index >= 15 is 0 Å². The van der Waals surface area contributed by atoms with Gasteiger partial charge in [-0.15, -0.1) is 0 Å². The summed E-state index contributed by atoms with van der Waals surface area (Å²) >= 11 is 9.14. The van der Waals surface area contributed by atoms with Gasteiger partial charge in [0.2, 0.25) is 0 Å². The number of fused-ring (bicyclic) bond motifs is 1. The summed E-state index contributed by atoms with van der Waals surface area (Å²) in [4.78, 5) is 17.3. The van der Waals surface area contributed by atoms with E-state index in [0.29, 0.717) is 10.8 Å². The van der Waals surface area contributed by atoms with Gasteiger partial charge >= 0.3 is 0 Å². The van der Waals surface area contributed by atoms with E-state index in [9.17, 15) is 4.79 Å². The normalized spacial score (nSPS) is 10.6. The molecule has 13 heavy (non-hydrogen) atoms. The largest absolute Gasteiger partial charge is 0.351 e. The summed E-state index contributed by atoms with van der Waals surface area (Å²) in [6.45, 7) is 0. The maximum Gasteiger partial charge on any atom is 0.166 e. The van der Waals surface area contributed by atoms with Crippen LogP contribution in [0.5, 0.6) is 0 Å². The van der Waals surface area contributed by atoms with Crippen LogP contribution in [0.4, 0.5) is 0 Å². The van der Waals surface area contributed by atoms with E-state index in [-0.39, 0.29) is 0 Å². The van der Waals surface area contributed by atoms with E-state index in [1.165, 1.54) is 0 Å². The summed E-state index contributed by atoms with van der Waals surface area (Å²) < 4.78 is 0.792. The first-order valence-electron chi connectivity index (χ1n) is 3.50. The van der Waals surface area contributed by atoms with Gasteiger partial charge in [-0.1, -0.05) is 11.6 Å². The second-order valence-electron chi connectivity index (χ2n) is 2.53. The molecule has 0 fully saturated rings. The van der Waals surface area contributed by atoms with Gasteiger partial charge in [0.05, 0.1) is 15.7 Å². The van der Waals surface area contributed by atoms with Crippen molar-refractivity contribution < 1.29 is 4.79 Å². The molecule has 3 nitrogen and oxygen atoms in total. The highest BCUT2D eigenvalue weighted by Crippen LogP contribution is 2.27. The molecule has 0 atom stereocenters. The van der Waals surface area contributed by atoms with Gasteiger partial charge < -0.3 is 4.98 Å². The molecule has 2 aromatic heterocycles. The molecule has 0 saturated heterocycles. The molecule has 0 aliphatic heterocycles. The standard InChI is InChI=1S/C8H4BrClN2O/c9-6-2-11-8(10)5-1-4(3-13)12-7(5)6/h1-3,12H. The van der Waals surface area contributed by atoms with E-state index in [1.54, 1.807) is 12.3 Å². The summed E-state index contributed by atoms with van der Waals surface area (Å²) in [5.41, 5.74) is 1.28. The number of aldehydes is 1. The van der Waals surface area contributed by atoms with Gasteiger partial charge in [-0.3, -0.25) is 4.79 Å². The van der Waals surface area contributed by atoms with Crippen molar-refractivity contribution in [3.63, 3.8) is 0 Å². The average molecular weight is 259 g/mol. The zero-order valence-electron chi connectivity index (χ0n) is 6.34. The number of H-pyrrole nitrogens is 1. The predicted molar refractivity (Wildman–Crippen MR) is 54.2 cm³/mol. The van der Waals surface area contributed by atoms with E-state index < -0.39 is 0 Å². The van der Waals surface area contributed by atoms with E-state index in [1.807, 2.05) is 0 Å². The first kappa shape index (κ1) is 8.72. The van der Waals surface area contributed by atoms with Crippen molar-refractivity contribution in [3.8, 4) is 0 Å². The lowest BCUT2D eigenvalue weighted by Gasteiger charge is -1.94. The third-order valence-corrected chi connectivity index (χ3v) is 2.62. The zero-order chi connectivity index (χ0) is 9.42. The third-order valence-electron chi connectivity index (χ3n) is 1.72. The van der Waals surface area contributed by atoms with Gasteiger partial charge in [-0.25, -0.2) is 4.98 Å². The SMILES string of the molecule is O=Cc1cc2c(Cl)ncc(Br)c2[nH]1. The molecule has 0 saturated carbocycles. The zero-order valence-corrected chi connectivity index (χ0v) is 8.69. The van der Waals surface area contributed by atoms with Crippen LogP contribution in [-0.2, 0) is 0 Å². The Bertz CT molecular complexity index is 441. The maximum absolute atomic E-state index is 10.5. The monoisotopic (exact) mass is 258 g/mol. The fourth-order valence-corrected chi connectivity index (χ4v) is 1.75. The van der Waals surface area contributed by atoms with Gasteiger partial charge in [0.1, 0.15) is 5.15 Å². The number of nitrogens with zero attached hydrogens (tertiary/aromatic N) is 1. The summed E-state index contributed by atoms with van der Waals surface area (Å²) in [6, 6.07) is 1.67. The van der Waals surface area contributed by atoms with Crippen LogP contribution in [0, 0.1) is 0 Å². The fraction of sp³-hybridized carbons (Fsp3) is 0. The van der Waals surface area contributed by atoms with Gasteiger partial charge in [0, 0.05) is 11.6 Å². The van der Waals surface area contributed by atoms with E-state index in [0.717, 1.165) is 21.7 Å². The Morgan fingerprint density at radius 2 is 2.38 bits per heavy atom. The second-order valence-corrected chi connectivity index (χ2v) is 3.74. The molecule has 2 aromatic rings. The minimum absolute atomic E-state index is 0.391. The molecular formula is C8H4BrClN2O. The fourth-order valence-electron chi connectivity index (χ4n) is 1.14. The van der Waals surface area contributed by atoms with Crippen molar-refractivity contribution in [2.75, 3.05) is 0 Å². The van der Waals surface area contributed by atoms with Crippen molar-refractivity contribution >= 4 is 44.7 Å². The van der Waals surface area contributed by atoms with Crippen LogP contribution in [-0.4, -0.2) is 16.3 Å². The highest BCUT2D eigenvalue weighted by atomic mass is 79.9. The number of carbonyl (C=O) groups is 1.